The van der Waals surface area contributed by atoms with Gasteiger partial charge in [-0.15, -0.1) is 5.10 Å². The summed E-state index contributed by atoms with van der Waals surface area (Å²) in [5.74, 6) is -0.793. The highest BCUT2D eigenvalue weighted by Crippen LogP contribution is 2.18. The Balaban J connectivity index is 1.76. The van der Waals surface area contributed by atoms with Gasteiger partial charge in [-0.05, 0) is 38.0 Å². The number of hydrogen-bond donors (Lipinski definition) is 2. The van der Waals surface area contributed by atoms with E-state index in [9.17, 15) is 13.6 Å². The molecule has 2 heterocycles. The maximum Gasteiger partial charge on any atom is 0.252 e. The van der Waals surface area contributed by atoms with Gasteiger partial charge in [0.1, 0.15) is 11.6 Å². The minimum absolute atomic E-state index is 0.0866. The van der Waals surface area contributed by atoms with Crippen molar-refractivity contribution < 1.29 is 13.6 Å². The van der Waals surface area contributed by atoms with Crippen molar-refractivity contribution in [3.63, 3.8) is 0 Å². The Hall–Kier alpha value is -2.94. The van der Waals surface area contributed by atoms with E-state index in [0.29, 0.717) is 18.0 Å². The maximum absolute atomic E-state index is 13.6. The highest BCUT2D eigenvalue weighted by Gasteiger charge is 2.15. The molecule has 0 aliphatic rings. The molecule has 1 aromatic carbocycles. The first kappa shape index (κ1) is 17.9. The molecule has 0 aliphatic carbocycles. The van der Waals surface area contributed by atoms with Crippen molar-refractivity contribution in [2.45, 2.75) is 33.2 Å². The molecule has 0 saturated carbocycles. The second-order valence-corrected chi connectivity index (χ2v) is 5.88. The molecule has 3 aromatic rings. The Bertz CT molecular complexity index is 985. The molecule has 0 aliphatic heterocycles. The number of anilines is 1. The van der Waals surface area contributed by atoms with Crippen molar-refractivity contribution in [2.24, 2.45) is 5.73 Å². The Labute approximate surface area is 148 Å². The van der Waals surface area contributed by atoms with Crippen LogP contribution in [0.5, 0.6) is 0 Å². The van der Waals surface area contributed by atoms with Crippen molar-refractivity contribution >= 4 is 17.4 Å². The first-order valence-corrected chi connectivity index (χ1v) is 8.05. The molecule has 3 rings (SSSR count). The number of fused-ring (bicyclic) bond motifs is 1. The number of halogens is 2. The molecule has 0 bridgehead atoms. The SMILES string of the molecule is Cc1nc2nc(CN)nn2c(C)c1CCC(=O)Nc1cc(F)ccc1F. The minimum Gasteiger partial charge on any atom is -0.324 e. The number of amides is 1. The summed E-state index contributed by atoms with van der Waals surface area (Å²) >= 11 is 0. The number of nitrogens with zero attached hydrogens (tertiary/aromatic N) is 4. The Morgan fingerprint density at radius 2 is 2.04 bits per heavy atom. The predicted molar refractivity (Wildman–Crippen MR) is 91.5 cm³/mol. The molecule has 1 amide bonds. The molecule has 136 valence electrons. The number of carbonyl (C=O) groups is 1. The van der Waals surface area contributed by atoms with Crippen LogP contribution in [0.25, 0.3) is 5.78 Å². The van der Waals surface area contributed by atoms with E-state index in [1.807, 2.05) is 13.8 Å². The molecule has 9 heteroatoms. The van der Waals surface area contributed by atoms with Gasteiger partial charge in [-0.2, -0.15) is 4.98 Å². The van der Waals surface area contributed by atoms with Crippen molar-refractivity contribution in [3.8, 4) is 0 Å². The number of benzene rings is 1. The van der Waals surface area contributed by atoms with E-state index in [1.165, 1.54) is 0 Å². The van der Waals surface area contributed by atoms with Gasteiger partial charge in [-0.1, -0.05) is 0 Å². The quantitative estimate of drug-likeness (QED) is 0.726. The van der Waals surface area contributed by atoms with Crippen LogP contribution >= 0.6 is 0 Å². The standard InChI is InChI=1S/C17H18F2N6O/c1-9-12(10(2)25-17(21-9)23-15(8-20)24-25)4-6-16(26)22-14-7-11(18)3-5-13(14)19/h3,5,7H,4,6,8,20H2,1-2H3,(H,22,26). The number of hydrogen-bond acceptors (Lipinski definition) is 5. The summed E-state index contributed by atoms with van der Waals surface area (Å²) in [7, 11) is 0. The summed E-state index contributed by atoms with van der Waals surface area (Å²) in [6.45, 7) is 3.89. The van der Waals surface area contributed by atoms with Gasteiger partial charge in [-0.3, -0.25) is 4.79 Å². The highest BCUT2D eigenvalue weighted by molar-refractivity contribution is 5.91. The van der Waals surface area contributed by atoms with Crippen LogP contribution in [0.2, 0.25) is 0 Å². The van der Waals surface area contributed by atoms with Gasteiger partial charge in [0.2, 0.25) is 5.91 Å². The van der Waals surface area contributed by atoms with E-state index in [0.717, 1.165) is 35.2 Å². The van der Waals surface area contributed by atoms with Crippen LogP contribution in [0, 0.1) is 25.5 Å². The summed E-state index contributed by atoms with van der Waals surface area (Å²) in [6, 6.07) is 2.91. The molecule has 0 atom stereocenters. The first-order chi connectivity index (χ1) is 12.4. The number of nitrogens with one attached hydrogen (secondary N) is 1. The van der Waals surface area contributed by atoms with E-state index in [-0.39, 0.29) is 18.7 Å². The molecular weight excluding hydrogens is 342 g/mol. The zero-order chi connectivity index (χ0) is 18.8. The second-order valence-electron chi connectivity index (χ2n) is 5.88. The highest BCUT2D eigenvalue weighted by atomic mass is 19.1. The molecule has 0 saturated heterocycles. The van der Waals surface area contributed by atoms with Crippen LogP contribution in [-0.2, 0) is 17.8 Å². The zero-order valence-electron chi connectivity index (χ0n) is 14.4. The minimum atomic E-state index is -0.688. The molecule has 26 heavy (non-hydrogen) atoms. The summed E-state index contributed by atoms with van der Waals surface area (Å²) in [5, 5.41) is 6.66. The average Bonchev–Trinajstić information content (AvgIpc) is 3.01. The average molecular weight is 360 g/mol. The Kier molecular flexibility index (Phi) is 4.90. The smallest absolute Gasteiger partial charge is 0.252 e. The molecule has 2 aromatic heterocycles. The van der Waals surface area contributed by atoms with E-state index in [2.05, 4.69) is 20.4 Å². The van der Waals surface area contributed by atoms with Crippen LogP contribution in [-0.4, -0.2) is 25.5 Å². The third-order valence-electron chi connectivity index (χ3n) is 4.08. The Morgan fingerprint density at radius 1 is 1.27 bits per heavy atom. The van der Waals surface area contributed by atoms with Gasteiger partial charge in [0, 0.05) is 23.9 Å². The van der Waals surface area contributed by atoms with Gasteiger partial charge in [0.15, 0.2) is 5.82 Å². The van der Waals surface area contributed by atoms with Crippen molar-refractivity contribution in [1.29, 1.82) is 0 Å². The van der Waals surface area contributed by atoms with Crippen LogP contribution in [0.3, 0.4) is 0 Å². The number of rotatable bonds is 5. The van der Waals surface area contributed by atoms with E-state index < -0.39 is 17.5 Å². The van der Waals surface area contributed by atoms with Crippen molar-refractivity contribution in [2.75, 3.05) is 5.32 Å². The third-order valence-corrected chi connectivity index (χ3v) is 4.08. The van der Waals surface area contributed by atoms with Crippen molar-refractivity contribution in [3.05, 3.63) is 52.6 Å². The fraction of sp³-hybridized carbons (Fsp3) is 0.294. The molecule has 0 radical (unpaired) electrons. The maximum atomic E-state index is 13.6. The summed E-state index contributed by atoms with van der Waals surface area (Å²) in [4.78, 5) is 20.7. The zero-order valence-corrected chi connectivity index (χ0v) is 14.4. The third kappa shape index (κ3) is 3.52. The summed E-state index contributed by atoms with van der Waals surface area (Å²) < 4.78 is 28.4. The topological polar surface area (TPSA) is 98.2 Å². The lowest BCUT2D eigenvalue weighted by molar-refractivity contribution is -0.116. The number of carbonyl (C=O) groups excluding carboxylic acids is 1. The fourth-order valence-corrected chi connectivity index (χ4v) is 2.74. The normalized spacial score (nSPS) is 11.1. The number of aryl methyl sites for hydroxylation is 2. The van der Waals surface area contributed by atoms with E-state index >= 15 is 0 Å². The molecule has 0 spiro atoms. The van der Waals surface area contributed by atoms with Gasteiger partial charge in [-0.25, -0.2) is 18.3 Å². The predicted octanol–water partition coefficient (Wildman–Crippen LogP) is 2.05. The number of nitrogens with two attached hydrogens (primary N) is 1. The molecule has 0 unspecified atom stereocenters. The summed E-state index contributed by atoms with van der Waals surface area (Å²) in [6.07, 6.45) is 0.463. The lowest BCUT2D eigenvalue weighted by Gasteiger charge is -2.11. The molecule has 3 N–H and O–H groups in total. The van der Waals surface area contributed by atoms with Crippen LogP contribution in [0.1, 0.15) is 29.2 Å². The van der Waals surface area contributed by atoms with Gasteiger partial charge >= 0.3 is 0 Å². The summed E-state index contributed by atoms with van der Waals surface area (Å²) in [5.41, 5.74) is 7.77. The lowest BCUT2D eigenvalue weighted by atomic mass is 10.1. The Morgan fingerprint density at radius 3 is 2.77 bits per heavy atom. The van der Waals surface area contributed by atoms with Crippen LogP contribution in [0.15, 0.2) is 18.2 Å². The fourth-order valence-electron chi connectivity index (χ4n) is 2.74. The second kappa shape index (κ2) is 7.12. The largest absolute Gasteiger partial charge is 0.324 e. The van der Waals surface area contributed by atoms with Crippen LogP contribution < -0.4 is 11.1 Å². The van der Waals surface area contributed by atoms with E-state index in [4.69, 9.17) is 5.73 Å². The lowest BCUT2D eigenvalue weighted by Crippen LogP contribution is -2.15. The molecule has 7 nitrogen and oxygen atoms in total. The monoisotopic (exact) mass is 360 g/mol. The van der Waals surface area contributed by atoms with Gasteiger partial charge in [0.05, 0.1) is 12.2 Å². The molecular formula is C17H18F2N6O. The van der Waals surface area contributed by atoms with E-state index in [1.54, 1.807) is 4.52 Å². The number of aromatic nitrogens is 4. The van der Waals surface area contributed by atoms with Gasteiger partial charge in [0.25, 0.3) is 5.78 Å². The molecule has 0 fully saturated rings. The van der Waals surface area contributed by atoms with Crippen molar-refractivity contribution in [1.82, 2.24) is 19.6 Å². The van der Waals surface area contributed by atoms with Gasteiger partial charge < -0.3 is 11.1 Å². The first-order valence-electron chi connectivity index (χ1n) is 8.05. The van der Waals surface area contributed by atoms with Crippen LogP contribution in [0.4, 0.5) is 14.5 Å².